The fraction of sp³-hybridized carbons (Fsp3) is 0.519. The maximum atomic E-state index is 12.4. The number of ether oxygens (including phenoxy) is 1. The van der Waals surface area contributed by atoms with E-state index in [4.69, 9.17) is 4.74 Å². The van der Waals surface area contributed by atoms with Crippen molar-refractivity contribution in [2.24, 2.45) is 0 Å². The fourth-order valence-corrected chi connectivity index (χ4v) is 6.65. The monoisotopic (exact) mass is 431 g/mol. The normalized spacial score (nSPS) is 29.4. The second-order valence-electron chi connectivity index (χ2n) is 10.0. The maximum absolute atomic E-state index is 12.4. The van der Waals surface area contributed by atoms with Crippen LogP contribution in [-0.2, 0) is 10.2 Å². The van der Waals surface area contributed by atoms with E-state index < -0.39 is 0 Å². The van der Waals surface area contributed by atoms with Crippen molar-refractivity contribution < 1.29 is 9.53 Å². The Kier molecular flexibility index (Phi) is 5.19. The van der Waals surface area contributed by atoms with E-state index in [1.165, 1.54) is 28.7 Å². The van der Waals surface area contributed by atoms with Crippen LogP contribution in [0.15, 0.2) is 48.5 Å². The van der Waals surface area contributed by atoms with Crippen molar-refractivity contribution in [3.8, 4) is 0 Å². The molecule has 1 atom stereocenters. The molecule has 2 bridgehead atoms. The molecule has 0 spiro atoms. The van der Waals surface area contributed by atoms with E-state index in [0.717, 1.165) is 58.3 Å². The van der Waals surface area contributed by atoms with Crippen molar-refractivity contribution in [3.05, 3.63) is 70.8 Å². The first-order chi connectivity index (χ1) is 15.7. The van der Waals surface area contributed by atoms with Gasteiger partial charge in [0.05, 0.1) is 0 Å². The third-order valence-corrected chi connectivity index (χ3v) is 8.14. The van der Waals surface area contributed by atoms with Crippen molar-refractivity contribution in [1.82, 2.24) is 15.5 Å². The third kappa shape index (κ3) is 3.43. The first-order valence-corrected chi connectivity index (χ1v) is 12.3. The summed E-state index contributed by atoms with van der Waals surface area (Å²) >= 11 is 0. The smallest absolute Gasteiger partial charge is 0.317 e. The maximum Gasteiger partial charge on any atom is 0.317 e. The molecule has 2 saturated heterocycles. The summed E-state index contributed by atoms with van der Waals surface area (Å²) in [6.07, 6.45) is 6.21. The summed E-state index contributed by atoms with van der Waals surface area (Å²) in [4.78, 5) is 15.0. The van der Waals surface area contributed by atoms with Gasteiger partial charge in [-0.15, -0.1) is 0 Å². The molecule has 1 unspecified atom stereocenters. The Bertz CT molecular complexity index is 944. The number of piperidine rings is 1. The lowest BCUT2D eigenvalue weighted by Gasteiger charge is -2.40. The van der Waals surface area contributed by atoms with Gasteiger partial charge in [-0.3, -0.25) is 0 Å². The second kappa shape index (κ2) is 8.20. The van der Waals surface area contributed by atoms with Crippen LogP contribution in [0.25, 0.3) is 0 Å². The van der Waals surface area contributed by atoms with Gasteiger partial charge in [0.2, 0.25) is 0 Å². The molecule has 0 aromatic heterocycles. The molecule has 32 heavy (non-hydrogen) atoms. The number of fused-ring (bicyclic) bond motifs is 8. The van der Waals surface area contributed by atoms with E-state index in [0.29, 0.717) is 5.92 Å². The summed E-state index contributed by atoms with van der Waals surface area (Å²) < 4.78 is 5.63. The van der Waals surface area contributed by atoms with Gasteiger partial charge in [-0.25, -0.2) is 4.79 Å². The molecule has 2 aromatic carbocycles. The quantitative estimate of drug-likeness (QED) is 0.766. The molecule has 2 amide bonds. The van der Waals surface area contributed by atoms with Gasteiger partial charge in [0.25, 0.3) is 0 Å². The van der Waals surface area contributed by atoms with Crippen LogP contribution in [0, 0.1) is 0 Å². The molecule has 2 aliphatic heterocycles. The van der Waals surface area contributed by atoms with Gasteiger partial charge in [0.15, 0.2) is 0 Å². The Morgan fingerprint density at radius 3 is 2.28 bits per heavy atom. The number of benzene rings is 2. The van der Waals surface area contributed by atoms with Crippen molar-refractivity contribution >= 4 is 6.03 Å². The number of nitrogens with zero attached hydrogens (tertiary/aromatic N) is 1. The van der Waals surface area contributed by atoms with E-state index in [1.807, 2.05) is 0 Å². The van der Waals surface area contributed by atoms with Crippen molar-refractivity contribution in [2.45, 2.75) is 62.1 Å². The molecular formula is C27H33N3O2. The largest absolute Gasteiger partial charge is 0.358 e. The number of likely N-dealkylation sites (tertiary alicyclic amines) is 1. The lowest BCUT2D eigenvalue weighted by molar-refractivity contribution is 0.00196. The summed E-state index contributed by atoms with van der Waals surface area (Å²) in [6, 6.07) is 18.3. The standard InChI is InChI=1S/C27H33N3O2/c31-26(29-25-11-5-6-16-32-25)28-19-12-14-30(15-13-19)18-27-17-22(20-7-1-3-9-23(20)27)21-8-2-4-10-24(21)27/h1-4,7-10,19,22,25H,5-6,11-18H2,(H2,28,29,31). The predicted molar refractivity (Wildman–Crippen MR) is 125 cm³/mol. The minimum Gasteiger partial charge on any atom is -0.358 e. The Balaban J connectivity index is 1.11. The summed E-state index contributed by atoms with van der Waals surface area (Å²) in [5, 5.41) is 6.18. The third-order valence-electron chi connectivity index (χ3n) is 8.14. The lowest BCUT2D eigenvalue weighted by atomic mass is 9.74. The minimum absolute atomic E-state index is 0.0776. The molecule has 5 nitrogen and oxygen atoms in total. The number of hydrogen-bond acceptors (Lipinski definition) is 3. The number of carbonyl (C=O) groups excluding carboxylic acids is 1. The number of urea groups is 1. The zero-order valence-electron chi connectivity index (χ0n) is 18.7. The summed E-state index contributed by atoms with van der Waals surface area (Å²) in [6.45, 7) is 3.88. The van der Waals surface area contributed by atoms with Gasteiger partial charge in [-0.05, 0) is 60.8 Å². The van der Waals surface area contributed by atoms with E-state index in [-0.39, 0.29) is 23.7 Å². The van der Waals surface area contributed by atoms with Gasteiger partial charge in [-0.2, -0.15) is 0 Å². The number of carbonyl (C=O) groups is 1. The van der Waals surface area contributed by atoms with Crippen molar-refractivity contribution in [1.29, 1.82) is 0 Å². The summed E-state index contributed by atoms with van der Waals surface area (Å²) in [7, 11) is 0. The highest BCUT2D eigenvalue weighted by atomic mass is 16.5. The van der Waals surface area contributed by atoms with E-state index >= 15 is 0 Å². The summed E-state index contributed by atoms with van der Waals surface area (Å²) in [5.74, 6) is 0.548. The second-order valence-corrected chi connectivity index (χ2v) is 10.0. The predicted octanol–water partition coefficient (Wildman–Crippen LogP) is 4.11. The van der Waals surface area contributed by atoms with E-state index in [2.05, 4.69) is 64.1 Å². The van der Waals surface area contributed by atoms with E-state index in [1.54, 1.807) is 0 Å². The zero-order valence-corrected chi connectivity index (χ0v) is 18.7. The first kappa shape index (κ1) is 20.3. The molecule has 4 aliphatic rings. The van der Waals surface area contributed by atoms with Crippen LogP contribution in [0.1, 0.15) is 66.7 Å². The summed E-state index contributed by atoms with van der Waals surface area (Å²) in [5.41, 5.74) is 6.26. The van der Waals surface area contributed by atoms with Crippen LogP contribution in [0.3, 0.4) is 0 Å². The Hall–Kier alpha value is -2.37. The minimum atomic E-state index is -0.124. The molecule has 5 heteroatoms. The zero-order chi connectivity index (χ0) is 21.5. The molecule has 2 heterocycles. The first-order valence-electron chi connectivity index (χ1n) is 12.3. The van der Waals surface area contributed by atoms with Crippen molar-refractivity contribution in [2.75, 3.05) is 26.2 Å². The van der Waals surface area contributed by atoms with Gasteiger partial charge < -0.3 is 20.3 Å². The lowest BCUT2D eigenvalue weighted by Crippen LogP contribution is -2.52. The van der Waals surface area contributed by atoms with Crippen LogP contribution in [0.2, 0.25) is 0 Å². The van der Waals surface area contributed by atoms with Crippen LogP contribution in [-0.4, -0.2) is 49.4 Å². The number of rotatable bonds is 4. The topological polar surface area (TPSA) is 53.6 Å². The molecule has 2 N–H and O–H groups in total. The highest BCUT2D eigenvalue weighted by Crippen LogP contribution is 2.60. The average molecular weight is 432 g/mol. The van der Waals surface area contributed by atoms with Crippen LogP contribution in [0.5, 0.6) is 0 Å². The number of amides is 2. The van der Waals surface area contributed by atoms with Crippen molar-refractivity contribution in [3.63, 3.8) is 0 Å². The SMILES string of the molecule is O=C(NC1CCN(CC23CC(c4ccccc42)c2ccccc23)CC1)NC1CCCCO1. The van der Waals surface area contributed by atoms with Gasteiger partial charge in [0, 0.05) is 43.6 Å². The molecule has 2 aliphatic carbocycles. The Labute approximate surface area is 190 Å². The number of nitrogens with one attached hydrogen (secondary N) is 2. The van der Waals surface area contributed by atoms with Gasteiger partial charge >= 0.3 is 6.03 Å². The molecule has 2 aromatic rings. The molecule has 6 rings (SSSR count). The highest BCUT2D eigenvalue weighted by Gasteiger charge is 2.53. The molecule has 2 fully saturated rings. The molecule has 0 saturated carbocycles. The Morgan fingerprint density at radius 2 is 1.62 bits per heavy atom. The van der Waals surface area contributed by atoms with Gasteiger partial charge in [0.1, 0.15) is 6.23 Å². The molecular weight excluding hydrogens is 398 g/mol. The molecule has 0 radical (unpaired) electrons. The van der Waals surface area contributed by atoms with Crippen LogP contribution >= 0.6 is 0 Å². The molecule has 168 valence electrons. The average Bonchev–Trinajstić information content (AvgIpc) is 3.33. The van der Waals surface area contributed by atoms with Gasteiger partial charge in [-0.1, -0.05) is 48.5 Å². The number of hydrogen-bond donors (Lipinski definition) is 2. The van der Waals surface area contributed by atoms with Crippen LogP contribution < -0.4 is 10.6 Å². The van der Waals surface area contributed by atoms with Crippen LogP contribution in [0.4, 0.5) is 4.79 Å². The van der Waals surface area contributed by atoms with E-state index in [9.17, 15) is 4.79 Å². The highest BCUT2D eigenvalue weighted by molar-refractivity contribution is 5.74. The Morgan fingerprint density at radius 1 is 0.938 bits per heavy atom. The fourth-order valence-electron chi connectivity index (χ4n) is 6.65.